The van der Waals surface area contributed by atoms with E-state index >= 15 is 0 Å². The van der Waals surface area contributed by atoms with E-state index in [1.54, 1.807) is 0 Å². The number of Topliss-reactive ketones (excluding diaryl/α,β-unsaturated/α-hetero) is 2. The second kappa shape index (κ2) is 12.0. The summed E-state index contributed by atoms with van der Waals surface area (Å²) in [5.74, 6) is -2.26. The van der Waals surface area contributed by atoms with E-state index in [0.717, 1.165) is 25.7 Å². The fraction of sp³-hybridized carbons (Fsp3) is 0.769. The molecule has 0 aromatic heterocycles. The van der Waals surface area contributed by atoms with Gasteiger partial charge in [-0.2, -0.15) is 0 Å². The second-order valence-electron chi connectivity index (χ2n) is 4.44. The zero-order valence-corrected chi connectivity index (χ0v) is 13.6. The summed E-state index contributed by atoms with van der Waals surface area (Å²) in [5, 5.41) is 0. The van der Waals surface area contributed by atoms with E-state index < -0.39 is 33.3 Å². The third-order valence-corrected chi connectivity index (χ3v) is 3.77. The van der Waals surface area contributed by atoms with Crippen LogP contribution in [0.4, 0.5) is 0 Å². The van der Waals surface area contributed by atoms with Crippen LogP contribution >= 0.6 is 0 Å². The Bertz CT molecular complexity index is 308. The molecule has 0 unspecified atom stereocenters. The highest BCUT2D eigenvalue weighted by Gasteiger charge is 2.38. The van der Waals surface area contributed by atoms with Crippen LogP contribution in [-0.2, 0) is 25.7 Å². The molecule has 20 heavy (non-hydrogen) atoms. The van der Waals surface area contributed by atoms with Crippen LogP contribution in [0.15, 0.2) is 0 Å². The van der Waals surface area contributed by atoms with Gasteiger partial charge in [-0.1, -0.05) is 26.7 Å². The summed E-state index contributed by atoms with van der Waals surface area (Å²) >= 11 is -2.64. The smallest absolute Gasteiger partial charge is 0.566 e. The summed E-state index contributed by atoms with van der Waals surface area (Å²) in [6, 6.07) is 0. The minimum absolute atomic E-state index is 0.371. The van der Waals surface area contributed by atoms with Crippen molar-refractivity contribution in [3.05, 3.63) is 0 Å². The molecule has 0 fully saturated rings. The molecule has 7 heteroatoms. The highest BCUT2D eigenvalue weighted by Crippen LogP contribution is 2.01. The molecule has 0 bridgehead atoms. The third kappa shape index (κ3) is 10.1. The first-order valence-corrected chi connectivity index (χ1v) is 8.39. The topological polar surface area (TPSA) is 78.9 Å². The molecular formula is C13H23AlO6. The Balaban J connectivity index is 4.26. The molecular weight excluding hydrogens is 279 g/mol. The normalized spacial score (nSPS) is 10.2. The van der Waals surface area contributed by atoms with Gasteiger partial charge in [0.15, 0.2) is 0 Å². The summed E-state index contributed by atoms with van der Waals surface area (Å²) < 4.78 is 15.7. The maximum Gasteiger partial charge on any atom is 1.00 e. The Morgan fingerprint density at radius 1 is 0.950 bits per heavy atom. The number of unbranched alkanes of at least 4 members (excludes halogenated alkanes) is 2. The number of hydrogen-bond acceptors (Lipinski definition) is 6. The molecule has 6 nitrogen and oxygen atoms in total. The van der Waals surface area contributed by atoms with Gasteiger partial charge in [-0.25, -0.2) is 4.79 Å². The van der Waals surface area contributed by atoms with Gasteiger partial charge in [0.05, 0.1) is 6.42 Å². The molecule has 0 atom stereocenters. The average Bonchev–Trinajstić information content (AvgIpc) is 2.38. The quantitative estimate of drug-likeness (QED) is 0.236. The second-order valence-corrected chi connectivity index (χ2v) is 5.92. The fourth-order valence-corrected chi connectivity index (χ4v) is 2.47. The molecule has 114 valence electrons. The number of rotatable bonds is 12. The van der Waals surface area contributed by atoms with Crippen LogP contribution in [0.3, 0.4) is 0 Å². The maximum absolute atomic E-state index is 11.5. The third-order valence-electron chi connectivity index (χ3n) is 2.34. The number of carbonyl (C=O) groups is 3. The van der Waals surface area contributed by atoms with Gasteiger partial charge in [-0.15, -0.1) is 0 Å². The van der Waals surface area contributed by atoms with Gasteiger partial charge in [0.2, 0.25) is 5.78 Å². The van der Waals surface area contributed by atoms with Gasteiger partial charge in [0, 0.05) is 13.2 Å². The Morgan fingerprint density at radius 3 is 1.85 bits per heavy atom. The standard InChI is InChI=1S/C5H6O4.2C4H9O.Al/c1-3(6)2-4(7)5(8)9;2*1-2-3-4-5;/h2H2,1H3,(H,8,9);2*2-4H2,1H3;/q;2*-1;+3/p-1. The lowest BCUT2D eigenvalue weighted by Crippen LogP contribution is -2.34. The molecule has 0 N–H and O–H groups in total. The average molecular weight is 302 g/mol. The molecule has 0 radical (unpaired) electrons. The van der Waals surface area contributed by atoms with Crippen molar-refractivity contribution in [3.63, 3.8) is 0 Å². The first-order valence-electron chi connectivity index (χ1n) is 6.97. The van der Waals surface area contributed by atoms with E-state index in [1.165, 1.54) is 6.92 Å². The Morgan fingerprint density at radius 2 is 1.45 bits per heavy atom. The molecule has 0 saturated heterocycles. The predicted molar refractivity (Wildman–Crippen MR) is 73.9 cm³/mol. The van der Waals surface area contributed by atoms with Crippen molar-refractivity contribution in [1.29, 1.82) is 0 Å². The summed E-state index contributed by atoms with van der Waals surface area (Å²) in [4.78, 5) is 33.7. The van der Waals surface area contributed by atoms with Crippen LogP contribution in [0.2, 0.25) is 0 Å². The van der Waals surface area contributed by atoms with Crippen molar-refractivity contribution in [2.24, 2.45) is 0 Å². The van der Waals surface area contributed by atoms with Crippen molar-refractivity contribution in [2.45, 2.75) is 52.9 Å². The Hall–Kier alpha value is -0.738. The highest BCUT2D eigenvalue weighted by molar-refractivity contribution is 6.47. The molecule has 0 heterocycles. The van der Waals surface area contributed by atoms with Crippen molar-refractivity contribution < 1.29 is 25.7 Å². The van der Waals surface area contributed by atoms with E-state index in [4.69, 9.17) is 11.4 Å². The lowest BCUT2D eigenvalue weighted by molar-refractivity contribution is -0.150. The minimum Gasteiger partial charge on any atom is -0.566 e. The van der Waals surface area contributed by atoms with Gasteiger partial charge in [-0.3, -0.25) is 9.59 Å². The fourth-order valence-electron chi connectivity index (χ4n) is 1.22. The Labute approximate surface area is 125 Å². The summed E-state index contributed by atoms with van der Waals surface area (Å²) in [5.41, 5.74) is 0. The van der Waals surface area contributed by atoms with E-state index in [9.17, 15) is 14.4 Å². The van der Waals surface area contributed by atoms with Crippen LogP contribution in [-0.4, -0.2) is 45.9 Å². The molecule has 0 aliphatic heterocycles. The summed E-state index contributed by atoms with van der Waals surface area (Å²) in [6.45, 7) is 6.15. The number of ketones is 2. The largest absolute Gasteiger partial charge is 1.00 e. The predicted octanol–water partition coefficient (Wildman–Crippen LogP) is 1.70. The summed E-state index contributed by atoms with van der Waals surface area (Å²) in [7, 11) is 0. The van der Waals surface area contributed by atoms with E-state index in [2.05, 4.69) is 0 Å². The van der Waals surface area contributed by atoms with Crippen molar-refractivity contribution in [3.8, 4) is 0 Å². The SMILES string of the molecule is CCCC[O][Al]([O]CCCC)[O]C(=O)C(=O)CC(C)=O. The number of carbonyl (C=O) groups excluding carboxylic acids is 3. The van der Waals surface area contributed by atoms with Crippen LogP contribution in [0.5, 0.6) is 0 Å². The van der Waals surface area contributed by atoms with Crippen LogP contribution in [0.1, 0.15) is 52.9 Å². The van der Waals surface area contributed by atoms with Crippen molar-refractivity contribution in [2.75, 3.05) is 13.2 Å². The molecule has 0 saturated carbocycles. The molecule has 0 aromatic carbocycles. The van der Waals surface area contributed by atoms with Gasteiger partial charge >= 0.3 is 21.1 Å². The Kier molecular flexibility index (Phi) is 11.6. The monoisotopic (exact) mass is 302 g/mol. The van der Waals surface area contributed by atoms with Crippen LogP contribution in [0.25, 0.3) is 0 Å². The zero-order valence-electron chi connectivity index (χ0n) is 12.5. The van der Waals surface area contributed by atoms with Crippen molar-refractivity contribution in [1.82, 2.24) is 0 Å². The van der Waals surface area contributed by atoms with Crippen LogP contribution in [0, 0.1) is 0 Å². The van der Waals surface area contributed by atoms with Crippen LogP contribution < -0.4 is 0 Å². The number of hydrogen-bond donors (Lipinski definition) is 0. The van der Waals surface area contributed by atoms with Gasteiger partial charge in [-0.05, 0) is 19.8 Å². The van der Waals surface area contributed by atoms with E-state index in [-0.39, 0.29) is 5.78 Å². The summed E-state index contributed by atoms with van der Waals surface area (Å²) in [6.07, 6.45) is 3.13. The highest BCUT2D eigenvalue weighted by atomic mass is 27.3. The van der Waals surface area contributed by atoms with Gasteiger partial charge in [0.1, 0.15) is 5.78 Å². The van der Waals surface area contributed by atoms with Gasteiger partial charge < -0.3 is 11.4 Å². The minimum atomic E-state index is -2.64. The van der Waals surface area contributed by atoms with Crippen molar-refractivity contribution >= 4 is 32.7 Å². The first kappa shape index (κ1) is 19.3. The molecule has 0 aliphatic rings. The lowest BCUT2D eigenvalue weighted by Gasteiger charge is -2.12. The van der Waals surface area contributed by atoms with Gasteiger partial charge in [0.25, 0.3) is 0 Å². The maximum atomic E-state index is 11.5. The molecule has 0 amide bonds. The molecule has 0 spiro atoms. The van der Waals surface area contributed by atoms with E-state index in [0.29, 0.717) is 13.2 Å². The molecule has 0 aromatic rings. The first-order chi connectivity index (χ1) is 9.51. The zero-order chi connectivity index (χ0) is 15.4. The lowest BCUT2D eigenvalue weighted by atomic mass is 10.2. The van der Waals surface area contributed by atoms with E-state index in [1.807, 2.05) is 13.8 Å². The molecule has 0 aliphatic carbocycles. The molecule has 0 rings (SSSR count).